The summed E-state index contributed by atoms with van der Waals surface area (Å²) in [6, 6.07) is 1.50. The molecule has 0 radical (unpaired) electrons. The molecule has 3 N–H and O–H groups in total. The molecule has 1 amide bonds. The number of nitrogens with two attached hydrogens (primary N) is 1. The van der Waals surface area contributed by atoms with Crippen molar-refractivity contribution in [3.63, 3.8) is 0 Å². The summed E-state index contributed by atoms with van der Waals surface area (Å²) in [5, 5.41) is 0. The maximum atomic E-state index is 11.0. The highest BCUT2D eigenvalue weighted by molar-refractivity contribution is 5.75. The summed E-state index contributed by atoms with van der Waals surface area (Å²) in [6.45, 7) is 0.887. The van der Waals surface area contributed by atoms with Gasteiger partial charge in [-0.25, -0.2) is 5.84 Å². The molecule has 0 aromatic rings. The van der Waals surface area contributed by atoms with Gasteiger partial charge in [0.25, 0.3) is 0 Å². The van der Waals surface area contributed by atoms with Crippen molar-refractivity contribution in [1.82, 2.24) is 10.3 Å². The number of rotatable bonds is 3. The Morgan fingerprint density at radius 1 is 1.29 bits per heavy atom. The molecule has 2 saturated heterocycles. The van der Waals surface area contributed by atoms with Crippen LogP contribution in [0.2, 0.25) is 0 Å². The number of hydrogen-bond acceptors (Lipinski definition) is 3. The fourth-order valence-corrected chi connectivity index (χ4v) is 2.89. The second-order valence-corrected chi connectivity index (χ2v) is 4.37. The van der Waals surface area contributed by atoms with Crippen LogP contribution in [-0.2, 0) is 4.79 Å². The van der Waals surface area contributed by atoms with Crippen molar-refractivity contribution in [3.05, 3.63) is 0 Å². The van der Waals surface area contributed by atoms with E-state index in [1.165, 1.54) is 32.1 Å². The average Bonchev–Trinajstić information content (AvgIpc) is 2.45. The Morgan fingerprint density at radius 3 is 2.50 bits per heavy atom. The van der Waals surface area contributed by atoms with E-state index in [0.717, 1.165) is 18.6 Å². The molecule has 2 fully saturated rings. The SMILES string of the molecule is NNC(=O)CCN1C2CCCC1CC2. The van der Waals surface area contributed by atoms with E-state index in [1.54, 1.807) is 0 Å². The van der Waals surface area contributed by atoms with Gasteiger partial charge in [-0.3, -0.25) is 15.1 Å². The largest absolute Gasteiger partial charge is 0.297 e. The number of nitrogens with zero attached hydrogens (tertiary/aromatic N) is 1. The molecule has 0 aliphatic carbocycles. The van der Waals surface area contributed by atoms with Crippen molar-refractivity contribution in [2.24, 2.45) is 5.84 Å². The van der Waals surface area contributed by atoms with Crippen LogP contribution in [-0.4, -0.2) is 29.4 Å². The zero-order valence-electron chi connectivity index (χ0n) is 8.54. The molecule has 4 heteroatoms. The molecule has 2 heterocycles. The summed E-state index contributed by atoms with van der Waals surface area (Å²) < 4.78 is 0. The number of piperidine rings is 1. The predicted octanol–water partition coefficient (Wildman–Crippen LogP) is 0.383. The first-order chi connectivity index (χ1) is 6.81. The maximum absolute atomic E-state index is 11.0. The van der Waals surface area contributed by atoms with Crippen LogP contribution in [0.3, 0.4) is 0 Å². The Morgan fingerprint density at radius 2 is 1.93 bits per heavy atom. The molecule has 2 unspecified atom stereocenters. The van der Waals surface area contributed by atoms with E-state index in [0.29, 0.717) is 6.42 Å². The molecular weight excluding hydrogens is 178 g/mol. The fourth-order valence-electron chi connectivity index (χ4n) is 2.89. The van der Waals surface area contributed by atoms with E-state index < -0.39 is 0 Å². The van der Waals surface area contributed by atoms with Crippen LogP contribution in [0.25, 0.3) is 0 Å². The number of hydrazine groups is 1. The van der Waals surface area contributed by atoms with Gasteiger partial charge in [0.2, 0.25) is 5.91 Å². The Kier molecular flexibility index (Phi) is 3.03. The van der Waals surface area contributed by atoms with Crippen LogP contribution in [0.5, 0.6) is 0 Å². The first-order valence-corrected chi connectivity index (χ1v) is 5.56. The third kappa shape index (κ3) is 1.91. The summed E-state index contributed by atoms with van der Waals surface area (Å²) in [5.74, 6) is 5.01. The van der Waals surface area contributed by atoms with Crippen molar-refractivity contribution in [3.8, 4) is 0 Å². The van der Waals surface area contributed by atoms with E-state index in [1.807, 2.05) is 0 Å². The van der Waals surface area contributed by atoms with E-state index in [4.69, 9.17) is 5.84 Å². The van der Waals surface area contributed by atoms with Gasteiger partial charge in [-0.1, -0.05) is 6.42 Å². The number of carbonyl (C=O) groups excluding carboxylic acids is 1. The minimum atomic E-state index is -0.0463. The van der Waals surface area contributed by atoms with Crippen molar-refractivity contribution >= 4 is 5.91 Å². The van der Waals surface area contributed by atoms with Gasteiger partial charge in [0, 0.05) is 25.0 Å². The Bertz CT molecular complexity index is 203. The average molecular weight is 197 g/mol. The number of nitrogens with one attached hydrogen (secondary N) is 1. The van der Waals surface area contributed by atoms with Gasteiger partial charge < -0.3 is 0 Å². The van der Waals surface area contributed by atoms with Crippen molar-refractivity contribution in [2.45, 2.75) is 50.6 Å². The Labute approximate surface area is 84.8 Å². The lowest BCUT2D eigenvalue weighted by molar-refractivity contribution is -0.121. The Balaban J connectivity index is 1.83. The smallest absolute Gasteiger partial charge is 0.235 e. The lowest BCUT2D eigenvalue weighted by atomic mass is 10.0. The normalized spacial score (nSPS) is 31.8. The van der Waals surface area contributed by atoms with Crippen molar-refractivity contribution in [2.75, 3.05) is 6.54 Å². The third-order valence-corrected chi connectivity index (χ3v) is 3.60. The summed E-state index contributed by atoms with van der Waals surface area (Å²) >= 11 is 0. The highest BCUT2D eigenvalue weighted by Gasteiger charge is 2.35. The molecule has 2 aliphatic heterocycles. The van der Waals surface area contributed by atoms with E-state index >= 15 is 0 Å². The number of hydrogen-bond donors (Lipinski definition) is 2. The quantitative estimate of drug-likeness (QED) is 0.391. The van der Waals surface area contributed by atoms with Crippen molar-refractivity contribution in [1.29, 1.82) is 0 Å². The maximum Gasteiger partial charge on any atom is 0.235 e. The molecule has 80 valence electrons. The molecule has 2 bridgehead atoms. The highest BCUT2D eigenvalue weighted by atomic mass is 16.2. The van der Waals surface area contributed by atoms with E-state index in [-0.39, 0.29) is 5.91 Å². The molecular formula is C10H19N3O. The van der Waals surface area contributed by atoms with E-state index in [2.05, 4.69) is 10.3 Å². The Hall–Kier alpha value is -0.610. The predicted molar refractivity (Wildman–Crippen MR) is 54.3 cm³/mol. The van der Waals surface area contributed by atoms with E-state index in [9.17, 15) is 4.79 Å². The number of carbonyl (C=O) groups is 1. The highest BCUT2D eigenvalue weighted by Crippen LogP contribution is 2.35. The molecule has 2 atom stereocenters. The standard InChI is InChI=1S/C10H19N3O/c11-12-10(14)6-7-13-8-2-1-3-9(13)5-4-8/h8-9H,1-7,11H2,(H,12,14). The molecule has 4 nitrogen and oxygen atoms in total. The zero-order valence-corrected chi connectivity index (χ0v) is 8.54. The van der Waals surface area contributed by atoms with Crippen LogP contribution in [0.1, 0.15) is 38.5 Å². The van der Waals surface area contributed by atoms with Gasteiger partial charge in [-0.05, 0) is 25.7 Å². The molecule has 14 heavy (non-hydrogen) atoms. The third-order valence-electron chi connectivity index (χ3n) is 3.60. The van der Waals surface area contributed by atoms with Gasteiger partial charge >= 0.3 is 0 Å². The molecule has 0 aromatic carbocycles. The topological polar surface area (TPSA) is 58.4 Å². The number of amides is 1. The summed E-state index contributed by atoms with van der Waals surface area (Å²) in [5.41, 5.74) is 2.19. The van der Waals surface area contributed by atoms with Gasteiger partial charge in [0.15, 0.2) is 0 Å². The minimum Gasteiger partial charge on any atom is -0.297 e. The van der Waals surface area contributed by atoms with Gasteiger partial charge in [-0.15, -0.1) is 0 Å². The van der Waals surface area contributed by atoms with Gasteiger partial charge in [0.1, 0.15) is 0 Å². The molecule has 0 saturated carbocycles. The zero-order chi connectivity index (χ0) is 9.97. The summed E-state index contributed by atoms with van der Waals surface area (Å²) in [4.78, 5) is 13.5. The fraction of sp³-hybridized carbons (Fsp3) is 0.900. The van der Waals surface area contributed by atoms with Gasteiger partial charge in [-0.2, -0.15) is 0 Å². The van der Waals surface area contributed by atoms with Gasteiger partial charge in [0.05, 0.1) is 0 Å². The lowest BCUT2D eigenvalue weighted by Gasteiger charge is -2.34. The van der Waals surface area contributed by atoms with Crippen LogP contribution in [0, 0.1) is 0 Å². The molecule has 0 aromatic heterocycles. The second-order valence-electron chi connectivity index (χ2n) is 4.37. The molecule has 2 aliphatic rings. The van der Waals surface area contributed by atoms with Crippen LogP contribution in [0.15, 0.2) is 0 Å². The number of fused-ring (bicyclic) bond motifs is 2. The summed E-state index contributed by atoms with van der Waals surface area (Å²) in [7, 11) is 0. The monoisotopic (exact) mass is 197 g/mol. The van der Waals surface area contributed by atoms with Crippen LogP contribution < -0.4 is 11.3 Å². The summed E-state index contributed by atoms with van der Waals surface area (Å²) in [6.07, 6.45) is 7.21. The first-order valence-electron chi connectivity index (χ1n) is 5.56. The van der Waals surface area contributed by atoms with Crippen molar-refractivity contribution < 1.29 is 4.79 Å². The molecule has 0 spiro atoms. The minimum absolute atomic E-state index is 0.0463. The van der Waals surface area contributed by atoms with Crippen LogP contribution >= 0.6 is 0 Å². The molecule has 2 rings (SSSR count). The second kappa shape index (κ2) is 4.28. The lowest BCUT2D eigenvalue weighted by Crippen LogP contribution is -2.42. The van der Waals surface area contributed by atoms with Crippen LogP contribution in [0.4, 0.5) is 0 Å². The first kappa shape index (κ1) is 9.93.